The first-order valence-corrected chi connectivity index (χ1v) is 8.12. The van der Waals surface area contributed by atoms with Crippen LogP contribution in [0.1, 0.15) is 39.8 Å². The Hall–Kier alpha value is -2.11. The zero-order chi connectivity index (χ0) is 17.7. The van der Waals surface area contributed by atoms with Crippen LogP contribution >= 0.6 is 11.6 Å². The third-order valence-corrected chi connectivity index (χ3v) is 4.00. The van der Waals surface area contributed by atoms with Gasteiger partial charge in [0.05, 0.1) is 0 Å². The molecule has 0 aliphatic carbocycles. The van der Waals surface area contributed by atoms with Crippen molar-refractivity contribution in [3.8, 4) is 0 Å². The summed E-state index contributed by atoms with van der Waals surface area (Å²) in [5.41, 5.74) is 1.86. The third kappa shape index (κ3) is 4.46. The summed E-state index contributed by atoms with van der Waals surface area (Å²) in [7, 11) is 1.74. The molecule has 0 aliphatic heterocycles. The van der Waals surface area contributed by atoms with Crippen LogP contribution in [-0.2, 0) is 13.6 Å². The van der Waals surface area contributed by atoms with Gasteiger partial charge in [-0.05, 0) is 37.1 Å². The fourth-order valence-corrected chi connectivity index (χ4v) is 2.71. The topological polar surface area (TPSA) is 62.5 Å². The molecule has 0 atom stereocenters. The molecular weight excluding hydrogens is 328 g/mol. The lowest BCUT2D eigenvalue weighted by atomic mass is 10.2. The van der Waals surface area contributed by atoms with Gasteiger partial charge in [-0.3, -0.25) is 9.59 Å². The van der Waals surface area contributed by atoms with Crippen LogP contribution in [0, 0.1) is 0 Å². The molecule has 0 aliphatic rings. The fourth-order valence-electron chi connectivity index (χ4n) is 2.50. The van der Waals surface area contributed by atoms with Gasteiger partial charge in [0, 0.05) is 43.5 Å². The van der Waals surface area contributed by atoms with E-state index in [1.807, 2.05) is 18.2 Å². The molecule has 0 spiro atoms. The summed E-state index contributed by atoms with van der Waals surface area (Å²) in [6.45, 7) is 2.28. The number of aryl methyl sites for hydroxylation is 1. The van der Waals surface area contributed by atoms with E-state index in [-0.39, 0.29) is 18.3 Å². The van der Waals surface area contributed by atoms with Crippen LogP contribution in [-0.4, -0.2) is 39.4 Å². The maximum absolute atomic E-state index is 12.9. The van der Waals surface area contributed by atoms with Crippen LogP contribution in [0.25, 0.3) is 0 Å². The number of rotatable bonds is 7. The van der Waals surface area contributed by atoms with Crippen molar-refractivity contribution in [2.75, 3.05) is 13.2 Å². The highest BCUT2D eigenvalue weighted by Crippen LogP contribution is 2.16. The van der Waals surface area contributed by atoms with E-state index >= 15 is 0 Å². The van der Waals surface area contributed by atoms with E-state index in [1.165, 1.54) is 6.92 Å². The molecular formula is C18H21ClN2O3. The number of carbonyl (C=O) groups is 2. The predicted molar refractivity (Wildman–Crippen MR) is 93.3 cm³/mol. The first kappa shape index (κ1) is 18.2. The van der Waals surface area contributed by atoms with Crippen LogP contribution in [0.15, 0.2) is 36.5 Å². The second-order valence-electron chi connectivity index (χ2n) is 5.71. The Labute approximate surface area is 146 Å². The molecule has 0 saturated heterocycles. The molecule has 6 heteroatoms. The summed E-state index contributed by atoms with van der Waals surface area (Å²) in [6, 6.07) is 8.93. The van der Waals surface area contributed by atoms with Crippen LogP contribution < -0.4 is 0 Å². The number of Topliss-reactive ketones (excluding diaryl/α,β-unsaturated/α-hetero) is 1. The number of aliphatic hydroxyl groups is 1. The van der Waals surface area contributed by atoms with E-state index in [4.69, 9.17) is 16.7 Å². The summed E-state index contributed by atoms with van der Waals surface area (Å²) >= 11 is 6.01. The maximum Gasteiger partial charge on any atom is 0.270 e. The van der Waals surface area contributed by atoms with Crippen molar-refractivity contribution in [2.24, 2.45) is 7.05 Å². The highest BCUT2D eigenvalue weighted by molar-refractivity contribution is 6.30. The quantitative estimate of drug-likeness (QED) is 0.782. The third-order valence-electron chi connectivity index (χ3n) is 3.77. The molecule has 2 rings (SSSR count). The average molecular weight is 349 g/mol. The van der Waals surface area contributed by atoms with Gasteiger partial charge in [-0.1, -0.05) is 23.7 Å². The Morgan fingerprint density at radius 2 is 2.04 bits per heavy atom. The van der Waals surface area contributed by atoms with E-state index in [0.29, 0.717) is 35.8 Å². The number of halogens is 1. The van der Waals surface area contributed by atoms with E-state index in [0.717, 1.165) is 5.56 Å². The minimum absolute atomic E-state index is 0.00512. The molecule has 1 amide bonds. The number of hydrogen-bond acceptors (Lipinski definition) is 3. The Morgan fingerprint density at radius 1 is 1.29 bits per heavy atom. The summed E-state index contributed by atoms with van der Waals surface area (Å²) in [5.74, 6) is -0.264. The van der Waals surface area contributed by atoms with Gasteiger partial charge in [0.25, 0.3) is 5.91 Å². The van der Waals surface area contributed by atoms with Crippen molar-refractivity contribution in [1.29, 1.82) is 0 Å². The molecule has 1 N–H and O–H groups in total. The smallest absolute Gasteiger partial charge is 0.270 e. The van der Waals surface area contributed by atoms with E-state index in [9.17, 15) is 9.59 Å². The highest BCUT2D eigenvalue weighted by Gasteiger charge is 2.20. The zero-order valence-corrected chi connectivity index (χ0v) is 14.6. The molecule has 5 nitrogen and oxygen atoms in total. The second-order valence-corrected chi connectivity index (χ2v) is 6.15. The fraction of sp³-hybridized carbons (Fsp3) is 0.333. The molecule has 1 aromatic heterocycles. The maximum atomic E-state index is 12.9. The van der Waals surface area contributed by atoms with Gasteiger partial charge in [-0.25, -0.2) is 0 Å². The van der Waals surface area contributed by atoms with Crippen LogP contribution in [0.4, 0.5) is 0 Å². The molecule has 1 heterocycles. The Bertz CT molecular complexity index is 740. The second kappa shape index (κ2) is 8.13. The van der Waals surface area contributed by atoms with E-state index < -0.39 is 0 Å². The number of amides is 1. The van der Waals surface area contributed by atoms with Crippen LogP contribution in [0.5, 0.6) is 0 Å². The monoisotopic (exact) mass is 348 g/mol. The number of aliphatic hydroxyl groups excluding tert-OH is 1. The lowest BCUT2D eigenvalue weighted by Crippen LogP contribution is -2.33. The summed E-state index contributed by atoms with van der Waals surface area (Å²) in [5, 5.41) is 9.71. The molecule has 0 saturated carbocycles. The molecule has 24 heavy (non-hydrogen) atoms. The lowest BCUT2D eigenvalue weighted by Gasteiger charge is -2.23. The lowest BCUT2D eigenvalue weighted by molar-refractivity contribution is 0.0722. The van der Waals surface area contributed by atoms with E-state index in [1.54, 1.807) is 34.8 Å². The Morgan fingerprint density at radius 3 is 2.62 bits per heavy atom. The molecule has 0 bridgehead atoms. The minimum atomic E-state index is -0.182. The number of ketones is 1. The van der Waals surface area contributed by atoms with Gasteiger partial charge in [0.2, 0.25) is 0 Å². The van der Waals surface area contributed by atoms with Gasteiger partial charge in [0.15, 0.2) is 5.78 Å². The van der Waals surface area contributed by atoms with Crippen molar-refractivity contribution in [3.63, 3.8) is 0 Å². The van der Waals surface area contributed by atoms with Gasteiger partial charge >= 0.3 is 0 Å². The molecule has 1 aromatic carbocycles. The number of benzene rings is 1. The van der Waals surface area contributed by atoms with Crippen molar-refractivity contribution in [3.05, 3.63) is 58.4 Å². The van der Waals surface area contributed by atoms with E-state index in [2.05, 4.69) is 0 Å². The van der Waals surface area contributed by atoms with Crippen molar-refractivity contribution < 1.29 is 14.7 Å². The summed E-state index contributed by atoms with van der Waals surface area (Å²) in [6.07, 6.45) is 2.13. The molecule has 0 unspecified atom stereocenters. The largest absolute Gasteiger partial charge is 0.396 e. The summed E-state index contributed by atoms with van der Waals surface area (Å²) < 4.78 is 1.66. The number of aromatic nitrogens is 1. The Kier molecular flexibility index (Phi) is 6.17. The van der Waals surface area contributed by atoms with Crippen LogP contribution in [0.3, 0.4) is 0 Å². The Balaban J connectivity index is 2.26. The SMILES string of the molecule is CC(=O)c1cc(C(=O)N(CCCO)Cc2cccc(Cl)c2)n(C)c1. The molecule has 128 valence electrons. The van der Waals surface area contributed by atoms with Gasteiger partial charge in [-0.15, -0.1) is 0 Å². The number of hydrogen-bond donors (Lipinski definition) is 1. The molecule has 0 fully saturated rings. The van der Waals surface area contributed by atoms with Crippen molar-refractivity contribution in [2.45, 2.75) is 19.9 Å². The molecule has 0 radical (unpaired) electrons. The standard InChI is InChI=1S/C18H21ClN2O3/c1-13(23)15-10-17(20(2)12-15)18(24)21(7-4-8-22)11-14-5-3-6-16(19)9-14/h3,5-6,9-10,12,22H,4,7-8,11H2,1-2H3. The van der Waals surface area contributed by atoms with Crippen molar-refractivity contribution in [1.82, 2.24) is 9.47 Å². The first-order chi connectivity index (χ1) is 11.4. The van der Waals surface area contributed by atoms with Crippen LogP contribution in [0.2, 0.25) is 5.02 Å². The first-order valence-electron chi connectivity index (χ1n) is 7.74. The zero-order valence-electron chi connectivity index (χ0n) is 13.8. The predicted octanol–water partition coefficient (Wildman–Crippen LogP) is 2.91. The van der Waals surface area contributed by atoms with Crippen molar-refractivity contribution >= 4 is 23.3 Å². The van der Waals surface area contributed by atoms with Gasteiger partial charge in [-0.2, -0.15) is 0 Å². The molecule has 2 aromatic rings. The average Bonchev–Trinajstić information content (AvgIpc) is 2.93. The normalized spacial score (nSPS) is 10.7. The number of nitrogens with zero attached hydrogens (tertiary/aromatic N) is 2. The minimum Gasteiger partial charge on any atom is -0.396 e. The van der Waals surface area contributed by atoms with Gasteiger partial charge < -0.3 is 14.6 Å². The highest BCUT2D eigenvalue weighted by atomic mass is 35.5. The van der Waals surface area contributed by atoms with Gasteiger partial charge in [0.1, 0.15) is 5.69 Å². The number of carbonyl (C=O) groups excluding carboxylic acids is 2. The summed E-state index contributed by atoms with van der Waals surface area (Å²) in [4.78, 5) is 26.0.